The van der Waals surface area contributed by atoms with Gasteiger partial charge in [0, 0.05) is 6.42 Å². The van der Waals surface area contributed by atoms with Crippen molar-refractivity contribution in [3.63, 3.8) is 0 Å². The summed E-state index contributed by atoms with van der Waals surface area (Å²) < 4.78 is 106. The van der Waals surface area contributed by atoms with Crippen LogP contribution in [0.1, 0.15) is 31.5 Å². The van der Waals surface area contributed by atoms with Crippen molar-refractivity contribution in [1.82, 2.24) is 15.0 Å². The molecule has 0 saturated carbocycles. The molecule has 1 aromatic carbocycles. The number of ether oxygens (including phenoxy) is 1. The fraction of sp³-hybridized carbons (Fsp3) is 0.368. The molecule has 0 N–H and O–H groups in total. The molecule has 0 fully saturated rings. The third-order valence-corrected chi connectivity index (χ3v) is 6.53. The second kappa shape index (κ2) is 8.26. The van der Waals surface area contributed by atoms with E-state index < -0.39 is 44.5 Å². The van der Waals surface area contributed by atoms with Crippen molar-refractivity contribution in [3.8, 4) is 5.69 Å². The summed E-state index contributed by atoms with van der Waals surface area (Å²) in [4.78, 5) is -0.558. The van der Waals surface area contributed by atoms with E-state index in [9.17, 15) is 34.8 Å². The number of nitrogens with zero attached hydrogens (tertiary/aromatic N) is 3. The maximum Gasteiger partial charge on any atom is 0.572 e. The van der Waals surface area contributed by atoms with Crippen LogP contribution in [0.15, 0.2) is 47.2 Å². The minimum absolute atomic E-state index is 0.0616. The van der Waals surface area contributed by atoms with Crippen LogP contribution in [0.4, 0.5) is 26.3 Å². The molecule has 0 saturated heterocycles. The van der Waals surface area contributed by atoms with E-state index in [1.165, 1.54) is 19.2 Å². The molecule has 0 bridgehead atoms. The maximum absolute atomic E-state index is 13.1. The Morgan fingerprint density at radius 3 is 2.41 bits per heavy atom. The number of halogens is 6. The number of hydrogen-bond acceptors (Lipinski definition) is 5. The van der Waals surface area contributed by atoms with Gasteiger partial charge < -0.3 is 4.74 Å². The van der Waals surface area contributed by atoms with Crippen LogP contribution in [0.3, 0.4) is 0 Å². The molecule has 6 nitrogen and oxygen atoms in total. The van der Waals surface area contributed by atoms with Crippen LogP contribution in [-0.4, -0.2) is 35.5 Å². The first-order valence-electron chi connectivity index (χ1n) is 9.25. The highest BCUT2D eigenvalue weighted by atomic mass is 32.2. The van der Waals surface area contributed by atoms with Crippen LogP contribution >= 0.6 is 0 Å². The highest BCUT2D eigenvalue weighted by molar-refractivity contribution is 7.91. The monoisotopic (exact) mass is 481 g/mol. The quantitative estimate of drug-likeness (QED) is 0.567. The highest BCUT2D eigenvalue weighted by Gasteiger charge is 2.34. The second-order valence-electron chi connectivity index (χ2n) is 7.04. The van der Waals surface area contributed by atoms with Gasteiger partial charge in [0.15, 0.2) is 9.84 Å². The zero-order valence-electron chi connectivity index (χ0n) is 16.7. The summed E-state index contributed by atoms with van der Waals surface area (Å²) in [5.41, 5.74) is -0.504. The Balaban J connectivity index is 2.02. The van der Waals surface area contributed by atoms with E-state index in [0.29, 0.717) is 11.6 Å². The number of allylic oxidation sites excluding steroid dienone is 4. The lowest BCUT2D eigenvalue weighted by Gasteiger charge is -2.21. The van der Waals surface area contributed by atoms with Gasteiger partial charge in [0.2, 0.25) is 0 Å². The molecule has 1 unspecified atom stereocenters. The summed E-state index contributed by atoms with van der Waals surface area (Å²) in [6, 6.07) is 2.26. The molecule has 0 aliphatic heterocycles. The average molecular weight is 481 g/mol. The van der Waals surface area contributed by atoms with Crippen molar-refractivity contribution in [2.75, 3.05) is 5.75 Å². The molecule has 1 aromatic heterocycles. The molecular weight excluding hydrogens is 464 g/mol. The lowest BCUT2D eigenvalue weighted by atomic mass is 9.90. The van der Waals surface area contributed by atoms with Gasteiger partial charge in [-0.25, -0.2) is 13.1 Å². The fourth-order valence-electron chi connectivity index (χ4n) is 3.19. The Labute approximate surface area is 179 Å². The van der Waals surface area contributed by atoms with Gasteiger partial charge >= 0.3 is 12.5 Å². The SMILES string of the molecule is CCS(=O)(=O)c1cc(C(F)(F)F)ccc1-n1cc(C2=CC=C(OC(F)(F)F)CC2C)nn1. The highest BCUT2D eigenvalue weighted by Crippen LogP contribution is 2.36. The van der Waals surface area contributed by atoms with E-state index in [0.717, 1.165) is 22.9 Å². The summed E-state index contributed by atoms with van der Waals surface area (Å²) in [6.07, 6.45) is -5.79. The van der Waals surface area contributed by atoms with Crippen LogP contribution in [0, 0.1) is 5.92 Å². The molecule has 0 spiro atoms. The third-order valence-electron chi connectivity index (χ3n) is 4.77. The van der Waals surface area contributed by atoms with Crippen LogP contribution in [0.2, 0.25) is 0 Å². The Bertz CT molecular complexity index is 1180. The molecule has 1 aliphatic rings. The van der Waals surface area contributed by atoms with Gasteiger partial charge in [-0.3, -0.25) is 0 Å². The zero-order valence-corrected chi connectivity index (χ0v) is 17.5. The van der Waals surface area contributed by atoms with Crippen molar-refractivity contribution in [2.45, 2.75) is 37.7 Å². The minimum atomic E-state index is -4.82. The largest absolute Gasteiger partial charge is 0.572 e. The molecule has 0 amide bonds. The maximum atomic E-state index is 13.1. The third kappa shape index (κ3) is 5.14. The van der Waals surface area contributed by atoms with Crippen molar-refractivity contribution >= 4 is 15.4 Å². The van der Waals surface area contributed by atoms with Gasteiger partial charge in [0.25, 0.3) is 0 Å². The molecule has 1 atom stereocenters. The Kier molecular flexibility index (Phi) is 6.15. The molecule has 2 aromatic rings. The number of aromatic nitrogens is 3. The van der Waals surface area contributed by atoms with Crippen LogP contribution in [0.5, 0.6) is 0 Å². The second-order valence-corrected chi connectivity index (χ2v) is 9.29. The van der Waals surface area contributed by atoms with Crippen molar-refractivity contribution in [2.24, 2.45) is 5.92 Å². The van der Waals surface area contributed by atoms with E-state index in [1.807, 2.05) is 0 Å². The first kappa shape index (κ1) is 23.8. The van der Waals surface area contributed by atoms with E-state index in [1.54, 1.807) is 6.92 Å². The summed E-state index contributed by atoms with van der Waals surface area (Å²) in [7, 11) is -4.05. The Morgan fingerprint density at radius 2 is 1.84 bits per heavy atom. The first-order chi connectivity index (χ1) is 14.7. The number of benzene rings is 1. The number of rotatable bonds is 5. The van der Waals surface area contributed by atoms with E-state index in [-0.39, 0.29) is 23.6 Å². The minimum Gasteiger partial charge on any atom is -0.410 e. The predicted octanol–water partition coefficient (Wildman–Crippen LogP) is 4.92. The van der Waals surface area contributed by atoms with Crippen molar-refractivity contribution < 1.29 is 39.5 Å². The van der Waals surface area contributed by atoms with E-state index in [4.69, 9.17) is 0 Å². The molecule has 32 heavy (non-hydrogen) atoms. The molecule has 13 heteroatoms. The van der Waals surface area contributed by atoms with Gasteiger partial charge in [0.1, 0.15) is 11.5 Å². The summed E-state index contributed by atoms with van der Waals surface area (Å²) >= 11 is 0. The fourth-order valence-corrected chi connectivity index (χ4v) is 4.28. The standard InChI is InChI=1S/C19H17F6N3O3S/c1-3-32(29,30)17-9-12(18(20,21)22)4-7-16(17)28-10-15(26-27-28)14-6-5-13(8-11(14)2)31-19(23,24)25/h4-7,9-11H,3,8H2,1-2H3. The number of hydrogen-bond donors (Lipinski definition) is 0. The molecule has 1 aliphatic carbocycles. The topological polar surface area (TPSA) is 74.1 Å². The summed E-state index contributed by atoms with van der Waals surface area (Å²) in [5, 5.41) is 7.74. The molecule has 3 rings (SSSR count). The normalized spacial score (nSPS) is 17.7. The van der Waals surface area contributed by atoms with Crippen LogP contribution in [0.25, 0.3) is 11.3 Å². The molecular formula is C19H17F6N3O3S. The van der Waals surface area contributed by atoms with Crippen molar-refractivity contribution in [3.05, 3.63) is 53.6 Å². The van der Waals surface area contributed by atoms with Gasteiger partial charge in [-0.2, -0.15) is 13.2 Å². The lowest BCUT2D eigenvalue weighted by Crippen LogP contribution is -2.16. The molecule has 174 valence electrons. The average Bonchev–Trinajstić information content (AvgIpc) is 3.15. The summed E-state index contributed by atoms with van der Waals surface area (Å²) in [5.74, 6) is -1.15. The van der Waals surface area contributed by atoms with Crippen LogP contribution in [-0.2, 0) is 20.8 Å². The van der Waals surface area contributed by atoms with Gasteiger partial charge in [-0.05, 0) is 35.8 Å². The smallest absolute Gasteiger partial charge is 0.410 e. The first-order valence-corrected chi connectivity index (χ1v) is 10.9. The van der Waals surface area contributed by atoms with Crippen molar-refractivity contribution in [1.29, 1.82) is 0 Å². The van der Waals surface area contributed by atoms with Gasteiger partial charge in [-0.15, -0.1) is 18.3 Å². The Morgan fingerprint density at radius 1 is 1.16 bits per heavy atom. The zero-order chi connectivity index (χ0) is 23.9. The molecule has 0 radical (unpaired) electrons. The van der Waals surface area contributed by atoms with E-state index >= 15 is 0 Å². The van der Waals surface area contributed by atoms with Gasteiger partial charge in [0.05, 0.1) is 28.1 Å². The van der Waals surface area contributed by atoms with Crippen LogP contribution < -0.4 is 0 Å². The van der Waals surface area contributed by atoms with Gasteiger partial charge in [-0.1, -0.05) is 25.1 Å². The number of sulfone groups is 1. The number of alkyl halides is 6. The lowest BCUT2D eigenvalue weighted by molar-refractivity contribution is -0.306. The summed E-state index contributed by atoms with van der Waals surface area (Å²) in [6.45, 7) is 2.94. The van der Waals surface area contributed by atoms with E-state index in [2.05, 4.69) is 15.0 Å². The Hall–Kier alpha value is -2.83. The molecule has 1 heterocycles. The predicted molar refractivity (Wildman–Crippen MR) is 101 cm³/mol.